The number of aromatic nitrogens is 2. The number of aliphatic carboxylic acids is 1. The van der Waals surface area contributed by atoms with Crippen molar-refractivity contribution >= 4 is 17.3 Å². The zero-order valence-electron chi connectivity index (χ0n) is 11.5. The third-order valence-corrected chi connectivity index (χ3v) is 3.65. The molecule has 0 unspecified atom stereocenters. The molecule has 7 heteroatoms. The highest BCUT2D eigenvalue weighted by atomic mass is 32.1. The van der Waals surface area contributed by atoms with E-state index in [1.54, 1.807) is 7.11 Å². The van der Waals surface area contributed by atoms with Gasteiger partial charge in [0.2, 0.25) is 5.89 Å². The van der Waals surface area contributed by atoms with Crippen molar-refractivity contribution in [3.63, 3.8) is 0 Å². The Bertz CT molecular complexity index is 603. The number of carboxylic acid groups (broad SMARTS) is 1. The number of thiophene rings is 1. The average molecular weight is 296 g/mol. The largest absolute Gasteiger partial charge is 0.495 e. The van der Waals surface area contributed by atoms with Gasteiger partial charge in [-0.1, -0.05) is 13.8 Å². The fraction of sp³-hybridized carbons (Fsp3) is 0.462. The fourth-order valence-corrected chi connectivity index (χ4v) is 2.69. The molecule has 108 valence electrons. The lowest BCUT2D eigenvalue weighted by molar-refractivity contribution is -0.139. The fourth-order valence-electron chi connectivity index (χ4n) is 1.91. The van der Waals surface area contributed by atoms with Crippen LogP contribution in [-0.2, 0) is 11.2 Å². The molecule has 6 nitrogen and oxygen atoms in total. The summed E-state index contributed by atoms with van der Waals surface area (Å²) in [7, 11) is 1.58. The van der Waals surface area contributed by atoms with Crippen molar-refractivity contribution in [2.24, 2.45) is 5.41 Å². The molecule has 0 aromatic carbocycles. The standard InChI is InChI=1S/C13H16N2O4S/c1-13(2,7-10(16)17)6-9-14-15-12(19-9)11-8(18-3)4-5-20-11/h4-5H,6-7H2,1-3H3,(H,16,17). The molecule has 1 N–H and O–H groups in total. The lowest BCUT2D eigenvalue weighted by atomic mass is 9.86. The molecular formula is C13H16N2O4S. The van der Waals surface area contributed by atoms with Crippen molar-refractivity contribution in [1.82, 2.24) is 10.2 Å². The van der Waals surface area contributed by atoms with Crippen molar-refractivity contribution in [2.75, 3.05) is 7.11 Å². The second kappa shape index (κ2) is 5.62. The Kier molecular flexibility index (Phi) is 4.08. The van der Waals surface area contributed by atoms with E-state index in [9.17, 15) is 4.79 Å². The molecule has 0 saturated heterocycles. The monoisotopic (exact) mass is 296 g/mol. The molecule has 0 saturated carbocycles. The van der Waals surface area contributed by atoms with E-state index in [2.05, 4.69) is 10.2 Å². The van der Waals surface area contributed by atoms with Crippen LogP contribution in [0.1, 0.15) is 26.2 Å². The summed E-state index contributed by atoms with van der Waals surface area (Å²) in [5.41, 5.74) is -0.435. The van der Waals surface area contributed by atoms with Gasteiger partial charge in [-0.25, -0.2) is 0 Å². The molecule has 2 rings (SSSR count). The third kappa shape index (κ3) is 3.36. The number of ether oxygens (including phenoxy) is 1. The molecular weight excluding hydrogens is 280 g/mol. The van der Waals surface area contributed by atoms with Gasteiger partial charge < -0.3 is 14.3 Å². The van der Waals surface area contributed by atoms with E-state index in [1.807, 2.05) is 25.3 Å². The number of nitrogens with zero attached hydrogens (tertiary/aromatic N) is 2. The zero-order valence-corrected chi connectivity index (χ0v) is 12.4. The van der Waals surface area contributed by atoms with Crippen LogP contribution in [0.15, 0.2) is 15.9 Å². The summed E-state index contributed by atoms with van der Waals surface area (Å²) in [6.45, 7) is 3.72. The lowest BCUT2D eigenvalue weighted by Crippen LogP contribution is -2.19. The van der Waals surface area contributed by atoms with Crippen LogP contribution in [-0.4, -0.2) is 28.4 Å². The van der Waals surface area contributed by atoms with Crippen LogP contribution in [0.3, 0.4) is 0 Å². The average Bonchev–Trinajstić information content (AvgIpc) is 2.93. The molecule has 0 aliphatic heterocycles. The van der Waals surface area contributed by atoms with E-state index >= 15 is 0 Å². The van der Waals surface area contributed by atoms with E-state index in [0.29, 0.717) is 24.0 Å². The summed E-state index contributed by atoms with van der Waals surface area (Å²) in [6, 6.07) is 1.83. The minimum atomic E-state index is -0.838. The Hall–Kier alpha value is -1.89. The molecule has 0 aliphatic rings. The van der Waals surface area contributed by atoms with Crippen LogP contribution in [0.25, 0.3) is 10.8 Å². The maximum atomic E-state index is 10.8. The maximum absolute atomic E-state index is 10.8. The summed E-state index contributed by atoms with van der Waals surface area (Å²) in [5, 5.41) is 18.7. The van der Waals surface area contributed by atoms with Crippen molar-refractivity contribution in [3.05, 3.63) is 17.3 Å². The number of rotatable bonds is 6. The van der Waals surface area contributed by atoms with Gasteiger partial charge in [0, 0.05) is 6.42 Å². The van der Waals surface area contributed by atoms with Crippen LogP contribution < -0.4 is 4.74 Å². The van der Waals surface area contributed by atoms with Gasteiger partial charge in [-0.2, -0.15) is 0 Å². The SMILES string of the molecule is COc1ccsc1-c1nnc(CC(C)(C)CC(=O)O)o1. The van der Waals surface area contributed by atoms with Crippen LogP contribution in [0.4, 0.5) is 0 Å². The zero-order chi connectivity index (χ0) is 14.8. The Morgan fingerprint density at radius 1 is 1.50 bits per heavy atom. The normalized spacial score (nSPS) is 11.6. The number of hydrogen-bond donors (Lipinski definition) is 1. The van der Waals surface area contributed by atoms with Crippen LogP contribution in [0.2, 0.25) is 0 Å². The summed E-state index contributed by atoms with van der Waals surface area (Å²) < 4.78 is 10.8. The van der Waals surface area contributed by atoms with Crippen molar-refractivity contribution < 1.29 is 19.1 Å². The summed E-state index contributed by atoms with van der Waals surface area (Å²) in [5.74, 6) is 0.685. The molecule has 0 radical (unpaired) electrons. The van der Waals surface area contributed by atoms with Gasteiger partial charge in [-0.15, -0.1) is 21.5 Å². The number of hydrogen-bond acceptors (Lipinski definition) is 6. The maximum Gasteiger partial charge on any atom is 0.303 e. The molecule has 2 aromatic rings. The summed E-state index contributed by atoms with van der Waals surface area (Å²) in [6.07, 6.45) is 0.465. The Morgan fingerprint density at radius 3 is 2.90 bits per heavy atom. The first-order chi connectivity index (χ1) is 9.41. The number of carboxylic acids is 1. The quantitative estimate of drug-likeness (QED) is 0.882. The van der Waals surface area contributed by atoms with Gasteiger partial charge in [0.15, 0.2) is 0 Å². The molecule has 0 atom stereocenters. The third-order valence-electron chi connectivity index (χ3n) is 2.77. The Labute approximate surface area is 120 Å². The molecule has 0 aliphatic carbocycles. The van der Waals surface area contributed by atoms with Gasteiger partial charge >= 0.3 is 5.97 Å². The smallest absolute Gasteiger partial charge is 0.303 e. The topological polar surface area (TPSA) is 85.5 Å². The van der Waals surface area contributed by atoms with E-state index < -0.39 is 11.4 Å². The number of methoxy groups -OCH3 is 1. The highest BCUT2D eigenvalue weighted by Crippen LogP contribution is 2.35. The summed E-state index contributed by atoms with van der Waals surface area (Å²) in [4.78, 5) is 11.6. The molecule has 0 bridgehead atoms. The highest BCUT2D eigenvalue weighted by molar-refractivity contribution is 7.13. The molecule has 20 heavy (non-hydrogen) atoms. The highest BCUT2D eigenvalue weighted by Gasteiger charge is 2.26. The first-order valence-electron chi connectivity index (χ1n) is 6.07. The molecule has 0 amide bonds. The Balaban J connectivity index is 2.15. The minimum absolute atomic E-state index is 0.0486. The van der Waals surface area contributed by atoms with Gasteiger partial charge in [-0.3, -0.25) is 4.79 Å². The van der Waals surface area contributed by atoms with Crippen LogP contribution in [0, 0.1) is 5.41 Å². The van der Waals surface area contributed by atoms with Crippen molar-refractivity contribution in [2.45, 2.75) is 26.7 Å². The lowest BCUT2D eigenvalue weighted by Gasteiger charge is -2.19. The first-order valence-corrected chi connectivity index (χ1v) is 6.95. The van der Waals surface area contributed by atoms with Crippen LogP contribution >= 0.6 is 11.3 Å². The summed E-state index contributed by atoms with van der Waals surface area (Å²) >= 11 is 1.45. The first kappa shape index (κ1) is 14.5. The second-order valence-electron chi connectivity index (χ2n) is 5.23. The predicted molar refractivity (Wildman–Crippen MR) is 73.9 cm³/mol. The van der Waals surface area contributed by atoms with Gasteiger partial charge in [0.1, 0.15) is 10.6 Å². The van der Waals surface area contributed by atoms with Gasteiger partial charge in [0.05, 0.1) is 13.5 Å². The molecule has 0 fully saturated rings. The molecule has 2 heterocycles. The molecule has 0 spiro atoms. The molecule has 2 aromatic heterocycles. The van der Waals surface area contributed by atoms with E-state index in [4.69, 9.17) is 14.3 Å². The Morgan fingerprint density at radius 2 is 2.25 bits per heavy atom. The van der Waals surface area contributed by atoms with Gasteiger partial charge in [0.25, 0.3) is 5.89 Å². The second-order valence-corrected chi connectivity index (χ2v) is 6.15. The van der Waals surface area contributed by atoms with E-state index in [-0.39, 0.29) is 6.42 Å². The van der Waals surface area contributed by atoms with Crippen LogP contribution in [0.5, 0.6) is 5.75 Å². The minimum Gasteiger partial charge on any atom is -0.495 e. The number of carbonyl (C=O) groups is 1. The van der Waals surface area contributed by atoms with E-state index in [1.165, 1.54) is 11.3 Å². The van der Waals surface area contributed by atoms with Gasteiger partial charge in [-0.05, 0) is 16.9 Å². The van der Waals surface area contributed by atoms with Crippen molar-refractivity contribution in [3.8, 4) is 16.5 Å². The van der Waals surface area contributed by atoms with E-state index in [0.717, 1.165) is 4.88 Å². The van der Waals surface area contributed by atoms with Crippen molar-refractivity contribution in [1.29, 1.82) is 0 Å². The predicted octanol–water partition coefficient (Wildman–Crippen LogP) is 2.85.